The molecule has 0 radical (unpaired) electrons. The molecule has 0 aliphatic carbocycles. The smallest absolute Gasteiger partial charge is 0.274 e. The van der Waals surface area contributed by atoms with Gasteiger partial charge in [-0.3, -0.25) is 11.7 Å². The van der Waals surface area contributed by atoms with Crippen LogP contribution < -0.4 is 21.9 Å². The average Bonchev–Trinajstić information content (AvgIpc) is 2.93. The first-order valence-electron chi connectivity index (χ1n) is 16.4. The summed E-state index contributed by atoms with van der Waals surface area (Å²) in [6.07, 6.45) is 28.2. The van der Waals surface area contributed by atoms with Crippen molar-refractivity contribution < 1.29 is 19.8 Å². The molecule has 0 amide bonds. The Bertz CT molecular complexity index is 402. The van der Waals surface area contributed by atoms with Gasteiger partial charge in [-0.05, 0) is 25.7 Å². The van der Waals surface area contributed by atoms with Crippen LogP contribution in [-0.4, -0.2) is 33.1 Å². The molecule has 0 spiro atoms. The molecule has 0 unspecified atom stereocenters. The summed E-state index contributed by atoms with van der Waals surface area (Å²) in [7, 11) is 0. The third-order valence-corrected chi connectivity index (χ3v) is 10.4. The SMILES string of the molecule is CCCCCCCCCCCC(=O)[O-].CCCCCCCCCCCC(=O)[O-].CCC[CH2][Sn+2][CH2]CCC.NN. The molecule has 0 aliphatic rings. The molecule has 7 heteroatoms. The molecular formula is C32H68N2O4Sn. The summed E-state index contributed by atoms with van der Waals surface area (Å²) in [5, 5.41) is 20.2. The molecule has 0 saturated heterocycles. The van der Waals surface area contributed by atoms with Gasteiger partial charge in [-0.25, -0.2) is 0 Å². The van der Waals surface area contributed by atoms with Gasteiger partial charge in [-0.1, -0.05) is 117 Å². The number of aliphatic carboxylic acids is 2. The quantitative estimate of drug-likeness (QED) is 0.0433. The molecule has 0 aromatic carbocycles. The molecule has 6 nitrogen and oxygen atoms in total. The van der Waals surface area contributed by atoms with Crippen molar-refractivity contribution in [2.45, 2.75) is 191 Å². The normalized spacial score (nSPS) is 9.69. The molecule has 0 aromatic heterocycles. The van der Waals surface area contributed by atoms with Crippen LogP contribution in [-0.2, 0) is 9.59 Å². The van der Waals surface area contributed by atoms with Gasteiger partial charge in [0.25, 0.3) is 0 Å². The zero-order valence-corrected chi connectivity index (χ0v) is 29.5. The fourth-order valence-corrected chi connectivity index (χ4v) is 8.05. The van der Waals surface area contributed by atoms with Crippen molar-refractivity contribution in [3.8, 4) is 0 Å². The average molecular weight is 664 g/mol. The predicted octanol–water partition coefficient (Wildman–Crippen LogP) is 7.26. The Morgan fingerprint density at radius 2 is 0.667 bits per heavy atom. The van der Waals surface area contributed by atoms with E-state index in [1.165, 1.54) is 116 Å². The molecule has 39 heavy (non-hydrogen) atoms. The molecule has 0 aromatic rings. The summed E-state index contributed by atoms with van der Waals surface area (Å²) < 4.78 is 3.25. The van der Waals surface area contributed by atoms with Crippen LogP contribution in [0.25, 0.3) is 0 Å². The summed E-state index contributed by atoms with van der Waals surface area (Å²) in [5.41, 5.74) is 0. The molecule has 0 bridgehead atoms. The Balaban J connectivity index is -0.000000233. The van der Waals surface area contributed by atoms with Gasteiger partial charge in [0.2, 0.25) is 0 Å². The van der Waals surface area contributed by atoms with Crippen LogP contribution in [0.5, 0.6) is 0 Å². The van der Waals surface area contributed by atoms with E-state index in [1.807, 2.05) is 0 Å². The van der Waals surface area contributed by atoms with Crippen molar-refractivity contribution in [1.29, 1.82) is 0 Å². The minimum absolute atomic E-state index is 0.149. The number of carbonyl (C=O) groups excluding carboxylic acids is 2. The number of nitrogens with two attached hydrogens (primary N) is 2. The maximum atomic E-state index is 10.1. The van der Waals surface area contributed by atoms with Crippen LogP contribution in [0, 0.1) is 0 Å². The van der Waals surface area contributed by atoms with Crippen LogP contribution in [0.15, 0.2) is 0 Å². The Morgan fingerprint density at radius 3 is 0.897 bits per heavy atom. The maximum absolute atomic E-state index is 10.1. The molecule has 0 atom stereocenters. The largest absolute Gasteiger partial charge is 0.274 e. The van der Waals surface area contributed by atoms with Crippen molar-refractivity contribution in [2.24, 2.45) is 11.7 Å². The Labute approximate surface area is 254 Å². The summed E-state index contributed by atoms with van der Waals surface area (Å²) in [6, 6.07) is 0. The van der Waals surface area contributed by atoms with E-state index in [1.54, 1.807) is 8.87 Å². The van der Waals surface area contributed by atoms with E-state index in [4.69, 9.17) is 0 Å². The van der Waals surface area contributed by atoms with Crippen molar-refractivity contribution in [2.75, 3.05) is 0 Å². The minimum atomic E-state index is -0.909. The van der Waals surface area contributed by atoms with Crippen LogP contribution in [0.4, 0.5) is 0 Å². The molecule has 0 saturated carbocycles. The van der Waals surface area contributed by atoms with E-state index in [2.05, 4.69) is 39.4 Å². The monoisotopic (exact) mass is 664 g/mol. The summed E-state index contributed by atoms with van der Waals surface area (Å²) in [5.74, 6) is 6.18. The Morgan fingerprint density at radius 1 is 0.436 bits per heavy atom. The molecule has 234 valence electrons. The first kappa shape index (κ1) is 45.6. The topological polar surface area (TPSA) is 132 Å². The van der Waals surface area contributed by atoms with Crippen molar-refractivity contribution in [3.63, 3.8) is 0 Å². The van der Waals surface area contributed by atoms with E-state index in [0.29, 0.717) is 0 Å². The first-order chi connectivity index (χ1) is 19.0. The van der Waals surface area contributed by atoms with Gasteiger partial charge in [0.15, 0.2) is 0 Å². The fraction of sp³-hybridized carbons (Fsp3) is 0.938. The van der Waals surface area contributed by atoms with Gasteiger partial charge in [-0.15, -0.1) is 0 Å². The van der Waals surface area contributed by atoms with Crippen LogP contribution in [0.2, 0.25) is 8.87 Å². The number of rotatable bonds is 26. The third kappa shape index (κ3) is 62.6. The van der Waals surface area contributed by atoms with E-state index in [0.717, 1.165) is 25.7 Å². The zero-order valence-electron chi connectivity index (χ0n) is 26.7. The Hall–Kier alpha value is -0.341. The first-order valence-corrected chi connectivity index (χ1v) is 20.4. The van der Waals surface area contributed by atoms with Crippen LogP contribution >= 0.6 is 0 Å². The predicted molar refractivity (Wildman–Crippen MR) is 167 cm³/mol. The summed E-state index contributed by atoms with van der Waals surface area (Å²) in [4.78, 5) is 20.2. The van der Waals surface area contributed by atoms with Gasteiger partial charge in [0.1, 0.15) is 0 Å². The summed E-state index contributed by atoms with van der Waals surface area (Å²) in [6.45, 7) is 9.03. The second kappa shape index (κ2) is 47.4. The van der Waals surface area contributed by atoms with Crippen molar-refractivity contribution in [3.05, 3.63) is 0 Å². The number of carbonyl (C=O) groups is 2. The zero-order chi connectivity index (χ0) is 30.2. The van der Waals surface area contributed by atoms with E-state index >= 15 is 0 Å². The van der Waals surface area contributed by atoms with Crippen LogP contribution in [0.3, 0.4) is 0 Å². The van der Waals surface area contributed by atoms with Crippen LogP contribution in [0.1, 0.15) is 182 Å². The number of carboxylic acids is 2. The van der Waals surface area contributed by atoms with E-state index < -0.39 is 11.9 Å². The second-order valence-corrected chi connectivity index (χ2v) is 14.6. The number of unbranched alkanes of at least 4 members (excludes halogenated alkanes) is 18. The number of hydrogen-bond donors (Lipinski definition) is 2. The molecule has 4 N–H and O–H groups in total. The third-order valence-electron chi connectivity index (χ3n) is 6.38. The molecule has 0 aliphatic heterocycles. The number of hydrazine groups is 1. The molecule has 0 rings (SSSR count). The van der Waals surface area contributed by atoms with Crippen molar-refractivity contribution >= 4 is 33.1 Å². The van der Waals surface area contributed by atoms with E-state index in [9.17, 15) is 19.8 Å². The second-order valence-electron chi connectivity index (χ2n) is 10.4. The minimum Gasteiger partial charge on any atom is -0.274 e. The Kier molecular flexibility index (Phi) is 55.5. The molecule has 0 fully saturated rings. The van der Waals surface area contributed by atoms with Crippen molar-refractivity contribution in [1.82, 2.24) is 0 Å². The van der Waals surface area contributed by atoms with E-state index in [-0.39, 0.29) is 34.0 Å². The standard InChI is InChI=1S/2C12H24O2.2C4H9.H4N2.Sn/c2*1-2-3-4-5-6-7-8-9-10-11-12(13)14;2*1-3-4-2;1-2;/h2*2-11H2,1H3,(H,13,14);2*1,3-4H2,2H3;1-2H2;/q;;;;;+2/p-2. The fourth-order valence-electron chi connectivity index (χ4n) is 3.89. The molecular weight excluding hydrogens is 595 g/mol. The molecule has 0 heterocycles. The van der Waals surface area contributed by atoms with Gasteiger partial charge >= 0.3 is 69.5 Å². The van der Waals surface area contributed by atoms with Gasteiger partial charge in [0.05, 0.1) is 0 Å². The van der Waals surface area contributed by atoms with Gasteiger partial charge in [-0.2, -0.15) is 0 Å². The number of hydrogen-bond acceptors (Lipinski definition) is 6. The van der Waals surface area contributed by atoms with Gasteiger partial charge < -0.3 is 19.8 Å². The number of carboxylic acid groups (broad SMARTS) is 2. The summed E-state index contributed by atoms with van der Waals surface area (Å²) >= 11 is 0.149. The van der Waals surface area contributed by atoms with Gasteiger partial charge in [0, 0.05) is 11.9 Å². The maximum Gasteiger partial charge on any atom is -0.274 e.